The molecular formula is C20H23ClN2O2. The minimum atomic E-state index is -0.506. The minimum Gasteiger partial charge on any atom is -0.381 e. The number of ether oxygens (including phenoxy) is 1. The van der Waals surface area contributed by atoms with Crippen LogP contribution in [0.3, 0.4) is 0 Å². The van der Waals surface area contributed by atoms with Gasteiger partial charge in [0.1, 0.15) is 6.04 Å². The fraction of sp³-hybridized carbons (Fsp3) is 0.350. The summed E-state index contributed by atoms with van der Waals surface area (Å²) in [5.74, 6) is -0.371. The Morgan fingerprint density at radius 3 is 2.36 bits per heavy atom. The van der Waals surface area contributed by atoms with Gasteiger partial charge in [0.15, 0.2) is 0 Å². The molecule has 1 atom stereocenters. The molecule has 0 saturated carbocycles. The molecule has 0 bridgehead atoms. The van der Waals surface area contributed by atoms with Gasteiger partial charge in [-0.2, -0.15) is 0 Å². The van der Waals surface area contributed by atoms with Gasteiger partial charge in [0.2, 0.25) is 5.91 Å². The lowest BCUT2D eigenvalue weighted by molar-refractivity contribution is -0.120. The lowest BCUT2D eigenvalue weighted by Crippen LogP contribution is -2.46. The van der Waals surface area contributed by atoms with Crippen molar-refractivity contribution in [2.75, 3.05) is 19.8 Å². The van der Waals surface area contributed by atoms with E-state index in [2.05, 4.69) is 17.4 Å². The van der Waals surface area contributed by atoms with E-state index in [4.69, 9.17) is 22.1 Å². The quantitative estimate of drug-likeness (QED) is 0.833. The third-order valence-corrected chi connectivity index (χ3v) is 5.22. The van der Waals surface area contributed by atoms with Crippen LogP contribution < -0.4 is 11.1 Å². The molecule has 3 rings (SSSR count). The van der Waals surface area contributed by atoms with Crippen molar-refractivity contribution in [1.29, 1.82) is 0 Å². The van der Waals surface area contributed by atoms with E-state index in [1.54, 1.807) is 0 Å². The molecule has 5 heteroatoms. The van der Waals surface area contributed by atoms with Crippen LogP contribution >= 0.6 is 11.6 Å². The highest BCUT2D eigenvalue weighted by Crippen LogP contribution is 2.35. The molecule has 132 valence electrons. The number of hydrogen-bond acceptors (Lipinski definition) is 3. The van der Waals surface area contributed by atoms with Crippen molar-refractivity contribution < 1.29 is 9.53 Å². The molecule has 3 N–H and O–H groups in total. The zero-order valence-electron chi connectivity index (χ0n) is 14.1. The molecule has 0 aromatic heterocycles. The van der Waals surface area contributed by atoms with Crippen molar-refractivity contribution in [2.45, 2.75) is 24.3 Å². The van der Waals surface area contributed by atoms with E-state index in [0.29, 0.717) is 19.8 Å². The van der Waals surface area contributed by atoms with Gasteiger partial charge in [0.25, 0.3) is 0 Å². The van der Waals surface area contributed by atoms with Gasteiger partial charge in [0, 0.05) is 30.2 Å². The van der Waals surface area contributed by atoms with Gasteiger partial charge in [-0.1, -0.05) is 54.1 Å². The Hall–Kier alpha value is -1.88. The third kappa shape index (κ3) is 4.21. The molecule has 1 aliphatic heterocycles. The van der Waals surface area contributed by atoms with Gasteiger partial charge in [0.05, 0.1) is 0 Å². The first-order valence-corrected chi connectivity index (χ1v) is 8.90. The first kappa shape index (κ1) is 17.9. The van der Waals surface area contributed by atoms with Crippen LogP contribution in [0.15, 0.2) is 54.6 Å². The molecular weight excluding hydrogens is 336 g/mol. The lowest BCUT2D eigenvalue weighted by atomic mass is 9.74. The molecule has 1 saturated heterocycles. The Morgan fingerprint density at radius 1 is 1.12 bits per heavy atom. The summed E-state index contributed by atoms with van der Waals surface area (Å²) >= 11 is 6.04. The second-order valence-corrected chi connectivity index (χ2v) is 6.96. The Labute approximate surface area is 153 Å². The van der Waals surface area contributed by atoms with Crippen LogP contribution in [0.25, 0.3) is 0 Å². The number of carbonyl (C=O) groups is 1. The number of nitrogens with one attached hydrogen (secondary N) is 1. The second kappa shape index (κ2) is 8.00. The summed E-state index contributed by atoms with van der Waals surface area (Å²) in [5.41, 5.74) is 7.65. The average molecular weight is 359 g/mol. The van der Waals surface area contributed by atoms with Crippen molar-refractivity contribution in [3.05, 3.63) is 70.7 Å². The molecule has 25 heavy (non-hydrogen) atoms. The molecule has 0 unspecified atom stereocenters. The summed E-state index contributed by atoms with van der Waals surface area (Å²) in [6, 6.07) is 17.0. The standard InChI is InChI=1S/C20H23ClN2O2/c21-17-8-6-16(7-9-17)20(10-12-25-13-11-20)14-23-18(19(22)24)15-4-2-1-3-5-15/h1-9,18,23H,10-14H2,(H2,22,24)/t18-/m0/s1. The molecule has 1 fully saturated rings. The van der Waals surface area contributed by atoms with Crippen LogP contribution in [0.1, 0.15) is 30.0 Å². The van der Waals surface area contributed by atoms with Gasteiger partial charge in [-0.15, -0.1) is 0 Å². The Balaban J connectivity index is 1.82. The SMILES string of the molecule is NC(=O)[C@@H](NCC1(c2ccc(Cl)cc2)CCOCC1)c1ccccc1. The Kier molecular flexibility index (Phi) is 5.74. The van der Waals surface area contributed by atoms with Crippen LogP contribution in [0.5, 0.6) is 0 Å². The average Bonchev–Trinajstić information content (AvgIpc) is 2.64. The van der Waals surface area contributed by atoms with Crippen LogP contribution in [0, 0.1) is 0 Å². The van der Waals surface area contributed by atoms with E-state index >= 15 is 0 Å². The number of primary amides is 1. The smallest absolute Gasteiger partial charge is 0.239 e. The van der Waals surface area contributed by atoms with Crippen LogP contribution in [0.2, 0.25) is 5.02 Å². The first-order chi connectivity index (χ1) is 12.1. The number of hydrogen-bond donors (Lipinski definition) is 2. The van der Waals surface area contributed by atoms with E-state index < -0.39 is 6.04 Å². The fourth-order valence-electron chi connectivity index (χ4n) is 3.46. The van der Waals surface area contributed by atoms with Gasteiger partial charge < -0.3 is 15.8 Å². The maximum atomic E-state index is 12.0. The summed E-state index contributed by atoms with van der Waals surface area (Å²) < 4.78 is 5.56. The van der Waals surface area contributed by atoms with Gasteiger partial charge >= 0.3 is 0 Å². The molecule has 2 aromatic rings. The number of rotatable bonds is 6. The Morgan fingerprint density at radius 2 is 1.76 bits per heavy atom. The van der Waals surface area contributed by atoms with Crippen LogP contribution in [0.4, 0.5) is 0 Å². The topological polar surface area (TPSA) is 64.4 Å². The second-order valence-electron chi connectivity index (χ2n) is 6.53. The number of nitrogens with two attached hydrogens (primary N) is 1. The fourth-order valence-corrected chi connectivity index (χ4v) is 3.58. The number of carbonyl (C=O) groups excluding carboxylic acids is 1. The molecule has 1 amide bonds. The van der Waals surface area contributed by atoms with E-state index in [1.807, 2.05) is 42.5 Å². The minimum absolute atomic E-state index is 0.0919. The number of halogens is 1. The third-order valence-electron chi connectivity index (χ3n) is 4.97. The predicted octanol–water partition coefficient (Wildman–Crippen LogP) is 3.20. The van der Waals surface area contributed by atoms with E-state index in [0.717, 1.165) is 23.4 Å². The lowest BCUT2D eigenvalue weighted by Gasteiger charge is -2.39. The normalized spacial score (nSPS) is 17.8. The Bertz CT molecular complexity index is 697. The van der Waals surface area contributed by atoms with Crippen LogP contribution in [-0.4, -0.2) is 25.7 Å². The van der Waals surface area contributed by atoms with Crippen molar-refractivity contribution in [3.8, 4) is 0 Å². The van der Waals surface area contributed by atoms with E-state index in [9.17, 15) is 4.79 Å². The van der Waals surface area contributed by atoms with Crippen LogP contribution in [-0.2, 0) is 14.9 Å². The number of benzene rings is 2. The molecule has 4 nitrogen and oxygen atoms in total. The summed E-state index contributed by atoms with van der Waals surface area (Å²) in [6.07, 6.45) is 1.78. The van der Waals surface area contributed by atoms with Gasteiger partial charge in [-0.05, 0) is 36.1 Å². The van der Waals surface area contributed by atoms with Crippen molar-refractivity contribution in [2.24, 2.45) is 5.73 Å². The predicted molar refractivity (Wildman–Crippen MR) is 99.6 cm³/mol. The van der Waals surface area contributed by atoms with Gasteiger partial charge in [-0.25, -0.2) is 0 Å². The van der Waals surface area contributed by atoms with Gasteiger partial charge in [-0.3, -0.25) is 4.79 Å². The summed E-state index contributed by atoms with van der Waals surface area (Å²) in [7, 11) is 0. The van der Waals surface area contributed by atoms with E-state index in [1.165, 1.54) is 5.56 Å². The van der Waals surface area contributed by atoms with Crippen molar-refractivity contribution in [1.82, 2.24) is 5.32 Å². The number of amides is 1. The maximum Gasteiger partial charge on any atom is 0.239 e. The largest absolute Gasteiger partial charge is 0.381 e. The van der Waals surface area contributed by atoms with Crippen molar-refractivity contribution >= 4 is 17.5 Å². The molecule has 2 aromatic carbocycles. The molecule has 1 heterocycles. The van der Waals surface area contributed by atoms with Crippen molar-refractivity contribution in [3.63, 3.8) is 0 Å². The highest BCUT2D eigenvalue weighted by Gasteiger charge is 2.35. The highest BCUT2D eigenvalue weighted by atomic mass is 35.5. The maximum absolute atomic E-state index is 12.0. The molecule has 0 radical (unpaired) electrons. The molecule has 0 aliphatic carbocycles. The van der Waals surface area contributed by atoms with E-state index in [-0.39, 0.29) is 11.3 Å². The zero-order chi connectivity index (χ0) is 17.7. The first-order valence-electron chi connectivity index (χ1n) is 8.52. The molecule has 0 spiro atoms. The summed E-state index contributed by atoms with van der Waals surface area (Å²) in [5, 5.41) is 4.12. The zero-order valence-corrected chi connectivity index (χ0v) is 14.8. The summed E-state index contributed by atoms with van der Waals surface area (Å²) in [4.78, 5) is 12.0. The molecule has 1 aliphatic rings. The highest BCUT2D eigenvalue weighted by molar-refractivity contribution is 6.30. The summed E-state index contributed by atoms with van der Waals surface area (Å²) in [6.45, 7) is 2.06. The monoisotopic (exact) mass is 358 g/mol.